The maximum absolute atomic E-state index is 5.97. The van der Waals surface area contributed by atoms with Gasteiger partial charge in [0.2, 0.25) is 0 Å². The standard InChI is InChI=1S/C18H23ClN2S2/c1-15-8-12-22-18(23-15,13-21-11-10-20-14-21)9-2-3-16-4-6-17(19)7-5-16/h4-7,10-11,14-15H,2-3,8-9,12-13H2,1H3. The highest BCUT2D eigenvalue weighted by Crippen LogP contribution is 2.49. The van der Waals surface area contributed by atoms with Crippen LogP contribution in [0.25, 0.3) is 0 Å². The molecular weight excluding hydrogens is 344 g/mol. The van der Waals surface area contributed by atoms with Crippen molar-refractivity contribution in [2.45, 2.75) is 48.5 Å². The Hall–Kier alpha value is -0.580. The van der Waals surface area contributed by atoms with E-state index in [1.165, 1.54) is 30.6 Å². The zero-order chi connectivity index (χ0) is 16.1. The van der Waals surface area contributed by atoms with E-state index < -0.39 is 0 Å². The summed E-state index contributed by atoms with van der Waals surface area (Å²) in [6.45, 7) is 3.42. The number of hydrogen-bond acceptors (Lipinski definition) is 3. The lowest BCUT2D eigenvalue weighted by Crippen LogP contribution is -2.33. The first-order valence-electron chi connectivity index (χ1n) is 8.17. The largest absolute Gasteiger partial charge is 0.335 e. The summed E-state index contributed by atoms with van der Waals surface area (Å²) in [4.78, 5) is 4.21. The molecule has 1 aliphatic rings. The molecule has 1 fully saturated rings. The van der Waals surface area contributed by atoms with Gasteiger partial charge in [-0.2, -0.15) is 0 Å². The molecule has 0 saturated carbocycles. The molecule has 2 heterocycles. The van der Waals surface area contributed by atoms with Gasteiger partial charge in [0.25, 0.3) is 0 Å². The van der Waals surface area contributed by atoms with Crippen molar-refractivity contribution in [2.75, 3.05) is 5.75 Å². The summed E-state index contributed by atoms with van der Waals surface area (Å²) in [6.07, 6.45) is 10.8. The lowest BCUT2D eigenvalue weighted by Gasteiger charge is -2.39. The number of aryl methyl sites for hydroxylation is 1. The van der Waals surface area contributed by atoms with Gasteiger partial charge in [-0.1, -0.05) is 30.7 Å². The van der Waals surface area contributed by atoms with Crippen LogP contribution in [0.4, 0.5) is 0 Å². The third kappa shape index (κ3) is 4.94. The van der Waals surface area contributed by atoms with E-state index in [1.54, 1.807) is 0 Å². The highest BCUT2D eigenvalue weighted by molar-refractivity contribution is 8.19. The van der Waals surface area contributed by atoms with Crippen LogP contribution >= 0.6 is 35.1 Å². The number of benzene rings is 1. The lowest BCUT2D eigenvalue weighted by atomic mass is 10.1. The Kier molecular flexibility index (Phi) is 6.00. The monoisotopic (exact) mass is 366 g/mol. The maximum Gasteiger partial charge on any atom is 0.0946 e. The van der Waals surface area contributed by atoms with E-state index in [9.17, 15) is 0 Å². The number of aromatic nitrogens is 2. The lowest BCUT2D eigenvalue weighted by molar-refractivity contribution is 0.562. The fourth-order valence-corrected chi connectivity index (χ4v) is 7.15. The molecule has 3 rings (SSSR count). The molecule has 2 unspecified atom stereocenters. The third-order valence-corrected chi connectivity index (χ3v) is 7.82. The molecule has 2 aromatic rings. The van der Waals surface area contributed by atoms with Crippen molar-refractivity contribution in [3.63, 3.8) is 0 Å². The second-order valence-electron chi connectivity index (χ2n) is 6.19. The summed E-state index contributed by atoms with van der Waals surface area (Å²) in [7, 11) is 0. The van der Waals surface area contributed by atoms with E-state index >= 15 is 0 Å². The molecule has 5 heteroatoms. The van der Waals surface area contributed by atoms with Crippen LogP contribution in [0.3, 0.4) is 0 Å². The van der Waals surface area contributed by atoms with Crippen LogP contribution in [0.15, 0.2) is 43.0 Å². The number of imidazole rings is 1. The topological polar surface area (TPSA) is 17.8 Å². The van der Waals surface area contributed by atoms with E-state index in [-0.39, 0.29) is 4.08 Å². The molecule has 1 aromatic heterocycles. The van der Waals surface area contributed by atoms with Crippen molar-refractivity contribution >= 4 is 35.1 Å². The Balaban J connectivity index is 1.62. The molecular formula is C18H23ClN2S2. The van der Waals surface area contributed by atoms with Crippen LogP contribution in [0, 0.1) is 0 Å². The Labute approximate surface area is 152 Å². The van der Waals surface area contributed by atoms with Crippen LogP contribution in [-0.2, 0) is 13.0 Å². The smallest absolute Gasteiger partial charge is 0.0946 e. The van der Waals surface area contributed by atoms with Gasteiger partial charge < -0.3 is 4.57 Å². The molecule has 0 aliphatic carbocycles. The molecule has 23 heavy (non-hydrogen) atoms. The average molecular weight is 367 g/mol. The van der Waals surface area contributed by atoms with Crippen LogP contribution in [0.1, 0.15) is 31.7 Å². The van der Waals surface area contributed by atoms with Crippen molar-refractivity contribution < 1.29 is 0 Å². The number of thioether (sulfide) groups is 2. The quantitative estimate of drug-likeness (QED) is 0.670. The normalized spacial score (nSPS) is 24.7. The van der Waals surface area contributed by atoms with Crippen molar-refractivity contribution in [1.82, 2.24) is 9.55 Å². The first-order chi connectivity index (χ1) is 11.2. The summed E-state index contributed by atoms with van der Waals surface area (Å²) in [5, 5.41) is 1.56. The minimum atomic E-state index is 0.283. The molecule has 1 aromatic carbocycles. The Morgan fingerprint density at radius 2 is 2.17 bits per heavy atom. The fourth-order valence-electron chi connectivity index (χ4n) is 3.03. The number of rotatable bonds is 6. The summed E-state index contributed by atoms with van der Waals surface area (Å²) in [5.41, 5.74) is 1.38. The second kappa shape index (κ2) is 8.00. The van der Waals surface area contributed by atoms with Crippen LogP contribution in [0.5, 0.6) is 0 Å². The number of nitrogens with zero attached hydrogens (tertiary/aromatic N) is 2. The zero-order valence-electron chi connectivity index (χ0n) is 13.5. The van der Waals surface area contributed by atoms with E-state index in [1.807, 2.05) is 24.7 Å². The predicted molar refractivity (Wildman–Crippen MR) is 103 cm³/mol. The van der Waals surface area contributed by atoms with Gasteiger partial charge in [-0.05, 0) is 49.1 Å². The molecule has 1 saturated heterocycles. The number of halogens is 1. The summed E-state index contributed by atoms with van der Waals surface area (Å²) < 4.78 is 2.52. The Morgan fingerprint density at radius 3 is 2.87 bits per heavy atom. The minimum absolute atomic E-state index is 0.283. The summed E-state index contributed by atoms with van der Waals surface area (Å²) in [6, 6.07) is 8.28. The first kappa shape index (κ1) is 17.2. The van der Waals surface area contributed by atoms with E-state index in [0.717, 1.165) is 23.2 Å². The van der Waals surface area contributed by atoms with Crippen molar-refractivity contribution in [3.05, 3.63) is 53.6 Å². The van der Waals surface area contributed by atoms with Gasteiger partial charge in [-0.3, -0.25) is 0 Å². The molecule has 0 N–H and O–H groups in total. The second-order valence-corrected chi connectivity index (χ2v) is 10.2. The highest BCUT2D eigenvalue weighted by Gasteiger charge is 2.36. The first-order valence-corrected chi connectivity index (χ1v) is 10.4. The molecule has 0 bridgehead atoms. The summed E-state index contributed by atoms with van der Waals surface area (Å²) in [5.74, 6) is 1.27. The third-order valence-electron chi connectivity index (χ3n) is 4.22. The molecule has 1 aliphatic heterocycles. The molecule has 2 atom stereocenters. The summed E-state index contributed by atoms with van der Waals surface area (Å²) >= 11 is 10.3. The van der Waals surface area contributed by atoms with Gasteiger partial charge >= 0.3 is 0 Å². The van der Waals surface area contributed by atoms with Gasteiger partial charge in [0, 0.05) is 29.2 Å². The number of hydrogen-bond donors (Lipinski definition) is 0. The van der Waals surface area contributed by atoms with Crippen LogP contribution in [-0.4, -0.2) is 24.6 Å². The fraction of sp³-hybridized carbons (Fsp3) is 0.500. The molecule has 124 valence electrons. The van der Waals surface area contributed by atoms with Gasteiger partial charge in [0.1, 0.15) is 0 Å². The van der Waals surface area contributed by atoms with E-state index in [2.05, 4.69) is 58.3 Å². The SMILES string of the molecule is CC1CCSC(CCCc2ccc(Cl)cc2)(Cn2ccnc2)S1. The van der Waals surface area contributed by atoms with Gasteiger partial charge in [0.05, 0.1) is 10.4 Å². The Morgan fingerprint density at radius 1 is 1.35 bits per heavy atom. The minimum Gasteiger partial charge on any atom is -0.335 e. The molecule has 0 amide bonds. The van der Waals surface area contributed by atoms with Gasteiger partial charge in [0.15, 0.2) is 0 Å². The van der Waals surface area contributed by atoms with Gasteiger partial charge in [-0.15, -0.1) is 23.5 Å². The zero-order valence-corrected chi connectivity index (χ0v) is 15.8. The molecule has 0 spiro atoms. The predicted octanol–water partition coefficient (Wildman–Crippen LogP) is 5.51. The van der Waals surface area contributed by atoms with Gasteiger partial charge in [-0.25, -0.2) is 4.98 Å². The van der Waals surface area contributed by atoms with Crippen LogP contribution in [0.2, 0.25) is 5.02 Å². The van der Waals surface area contributed by atoms with Crippen molar-refractivity contribution in [1.29, 1.82) is 0 Å². The van der Waals surface area contributed by atoms with E-state index in [4.69, 9.17) is 11.6 Å². The van der Waals surface area contributed by atoms with Crippen LogP contribution < -0.4 is 0 Å². The average Bonchev–Trinajstić information content (AvgIpc) is 3.02. The molecule has 0 radical (unpaired) electrons. The van der Waals surface area contributed by atoms with E-state index in [0.29, 0.717) is 0 Å². The van der Waals surface area contributed by atoms with Crippen molar-refractivity contribution in [2.24, 2.45) is 0 Å². The maximum atomic E-state index is 5.97. The Bertz CT molecular complexity index is 600. The highest BCUT2D eigenvalue weighted by atomic mass is 35.5. The molecule has 2 nitrogen and oxygen atoms in total. The van der Waals surface area contributed by atoms with Crippen molar-refractivity contribution in [3.8, 4) is 0 Å².